The lowest BCUT2D eigenvalue weighted by Gasteiger charge is -2.10. The first-order valence-corrected chi connectivity index (χ1v) is 8.83. The topological polar surface area (TPSA) is 88.9 Å². The smallest absolute Gasteiger partial charge is 0.332 e. The average Bonchev–Trinajstić information content (AvgIpc) is 3.16. The lowest BCUT2D eigenvalue weighted by atomic mass is 10.4. The predicted molar refractivity (Wildman–Crippen MR) is 103 cm³/mol. The number of ether oxygens (including phenoxy) is 1. The molecule has 0 aliphatic rings. The molecule has 0 saturated heterocycles. The summed E-state index contributed by atoms with van der Waals surface area (Å²) in [6, 6.07) is 1.93. The molecular weight excluding hydrogens is 348 g/mol. The quantitative estimate of drug-likeness (QED) is 0.455. The molecule has 3 aromatic rings. The Morgan fingerprint density at radius 1 is 1.26 bits per heavy atom. The molecule has 0 fully saturated rings. The van der Waals surface area contributed by atoms with Gasteiger partial charge in [0, 0.05) is 25.9 Å². The summed E-state index contributed by atoms with van der Waals surface area (Å²) in [5.41, 5.74) is 1.57. The number of rotatable bonds is 7. The summed E-state index contributed by atoms with van der Waals surface area (Å²) in [4.78, 5) is 30.3. The molecule has 0 aromatic carbocycles. The van der Waals surface area contributed by atoms with Crippen molar-refractivity contribution in [2.45, 2.75) is 33.9 Å². The molecule has 9 nitrogen and oxygen atoms in total. The summed E-state index contributed by atoms with van der Waals surface area (Å²) < 4.78 is 11.3. The zero-order valence-corrected chi connectivity index (χ0v) is 16.1. The van der Waals surface area contributed by atoms with E-state index in [-0.39, 0.29) is 13.2 Å². The summed E-state index contributed by atoms with van der Waals surface area (Å²) in [6.45, 7) is 10.8. The van der Waals surface area contributed by atoms with E-state index >= 15 is 0 Å². The van der Waals surface area contributed by atoms with E-state index in [1.807, 2.05) is 26.8 Å². The minimum absolute atomic E-state index is 0.184. The molecular formula is C18H24N6O3. The van der Waals surface area contributed by atoms with Crippen LogP contribution < -0.4 is 11.2 Å². The first kappa shape index (κ1) is 18.8. The van der Waals surface area contributed by atoms with E-state index < -0.39 is 11.2 Å². The molecule has 9 heteroatoms. The Balaban J connectivity index is 2.33. The zero-order chi connectivity index (χ0) is 19.7. The summed E-state index contributed by atoms with van der Waals surface area (Å²) in [5.74, 6) is 0.477. The van der Waals surface area contributed by atoms with Gasteiger partial charge in [-0.15, -0.1) is 6.58 Å². The molecule has 3 heterocycles. The van der Waals surface area contributed by atoms with Crippen molar-refractivity contribution in [1.82, 2.24) is 28.5 Å². The molecule has 0 N–H and O–H groups in total. The van der Waals surface area contributed by atoms with Gasteiger partial charge in [-0.2, -0.15) is 10.1 Å². The Bertz CT molecular complexity index is 1110. The Morgan fingerprint density at radius 3 is 2.59 bits per heavy atom. The Morgan fingerprint density at radius 2 is 2.00 bits per heavy atom. The normalized spacial score (nSPS) is 11.4. The molecule has 3 rings (SSSR count). The van der Waals surface area contributed by atoms with Crippen molar-refractivity contribution in [3.63, 3.8) is 0 Å². The van der Waals surface area contributed by atoms with Gasteiger partial charge in [-0.3, -0.25) is 18.5 Å². The van der Waals surface area contributed by atoms with Crippen LogP contribution in [0.5, 0.6) is 0 Å². The fourth-order valence-corrected chi connectivity index (χ4v) is 3.15. The van der Waals surface area contributed by atoms with E-state index in [2.05, 4.69) is 16.7 Å². The molecule has 3 aromatic heterocycles. The maximum absolute atomic E-state index is 13.1. The van der Waals surface area contributed by atoms with Crippen molar-refractivity contribution >= 4 is 11.2 Å². The summed E-state index contributed by atoms with van der Waals surface area (Å²) in [7, 11) is 1.61. The number of hydrogen-bond acceptors (Lipinski definition) is 5. The van der Waals surface area contributed by atoms with Crippen molar-refractivity contribution in [2.24, 2.45) is 7.05 Å². The highest BCUT2D eigenvalue weighted by Gasteiger charge is 2.21. The summed E-state index contributed by atoms with van der Waals surface area (Å²) in [5, 5.41) is 4.47. The standard InChI is InChI=1S/C18H24N6O3/c1-6-8-22-14-15(19-17(22)24-13(4)11-12(3)20-24)21(5)18(26)23(16(14)25)9-10-27-7-2/h6,11H,1,7-10H2,2-5H3. The maximum Gasteiger partial charge on any atom is 0.332 e. The largest absolute Gasteiger partial charge is 0.380 e. The third-order valence-electron chi connectivity index (χ3n) is 4.39. The SMILES string of the molecule is C=CCn1c(-n2nc(C)cc2C)nc2c1c(=O)n(CCOCC)c(=O)n2C. The number of aryl methyl sites for hydroxylation is 3. The monoisotopic (exact) mass is 372 g/mol. The zero-order valence-electron chi connectivity index (χ0n) is 16.1. The molecule has 144 valence electrons. The average molecular weight is 372 g/mol. The summed E-state index contributed by atoms with van der Waals surface area (Å²) >= 11 is 0. The highest BCUT2D eigenvalue weighted by Crippen LogP contribution is 2.17. The lowest BCUT2D eigenvalue weighted by Crippen LogP contribution is -2.40. The van der Waals surface area contributed by atoms with Crippen LogP contribution >= 0.6 is 0 Å². The number of allylic oxidation sites excluding steroid dienone is 1. The van der Waals surface area contributed by atoms with E-state index in [0.717, 1.165) is 11.4 Å². The van der Waals surface area contributed by atoms with Gasteiger partial charge >= 0.3 is 5.69 Å². The molecule has 0 amide bonds. The fraction of sp³-hybridized carbons (Fsp3) is 0.444. The predicted octanol–water partition coefficient (Wildman–Crippen LogP) is 0.922. The summed E-state index contributed by atoms with van der Waals surface area (Å²) in [6.07, 6.45) is 1.69. The second kappa shape index (κ2) is 7.36. The number of imidazole rings is 1. The third-order valence-corrected chi connectivity index (χ3v) is 4.39. The van der Waals surface area contributed by atoms with Gasteiger partial charge in [0.1, 0.15) is 0 Å². The Hall–Kier alpha value is -2.94. The van der Waals surface area contributed by atoms with E-state index in [1.54, 1.807) is 22.4 Å². The second-order valence-corrected chi connectivity index (χ2v) is 6.32. The van der Waals surface area contributed by atoms with Gasteiger partial charge in [0.2, 0.25) is 5.95 Å². The number of aromatic nitrogens is 6. The second-order valence-electron chi connectivity index (χ2n) is 6.32. The van der Waals surface area contributed by atoms with Crippen molar-refractivity contribution in [3.05, 3.63) is 50.9 Å². The first-order valence-electron chi connectivity index (χ1n) is 8.83. The first-order chi connectivity index (χ1) is 12.9. The van der Waals surface area contributed by atoms with Gasteiger partial charge < -0.3 is 4.74 Å². The van der Waals surface area contributed by atoms with Crippen LogP contribution in [0.1, 0.15) is 18.3 Å². The van der Waals surface area contributed by atoms with Crippen molar-refractivity contribution < 1.29 is 4.74 Å². The third kappa shape index (κ3) is 3.14. The molecule has 0 saturated carbocycles. The van der Waals surface area contributed by atoms with E-state index in [9.17, 15) is 9.59 Å². The van der Waals surface area contributed by atoms with Crippen LogP contribution in [-0.2, 0) is 24.9 Å². The van der Waals surface area contributed by atoms with Crippen molar-refractivity contribution in [2.75, 3.05) is 13.2 Å². The molecule has 0 atom stereocenters. The molecule has 0 aliphatic carbocycles. The number of nitrogens with zero attached hydrogens (tertiary/aromatic N) is 6. The van der Waals surface area contributed by atoms with Crippen LogP contribution in [-0.4, -0.2) is 41.7 Å². The minimum Gasteiger partial charge on any atom is -0.380 e. The van der Waals surface area contributed by atoms with Gasteiger partial charge in [0.05, 0.1) is 18.8 Å². The number of hydrogen-bond donors (Lipinski definition) is 0. The van der Waals surface area contributed by atoms with Crippen molar-refractivity contribution in [1.29, 1.82) is 0 Å². The van der Waals surface area contributed by atoms with E-state index in [4.69, 9.17) is 4.74 Å². The Kier molecular flexibility index (Phi) is 5.13. The molecule has 0 radical (unpaired) electrons. The minimum atomic E-state index is -0.421. The molecule has 0 spiro atoms. The van der Waals surface area contributed by atoms with Crippen LogP contribution in [0.3, 0.4) is 0 Å². The van der Waals surface area contributed by atoms with Gasteiger partial charge in [-0.1, -0.05) is 6.08 Å². The van der Waals surface area contributed by atoms with Crippen LogP contribution in [0.25, 0.3) is 17.1 Å². The van der Waals surface area contributed by atoms with Crippen molar-refractivity contribution in [3.8, 4) is 5.95 Å². The molecule has 0 unspecified atom stereocenters. The molecule has 0 bridgehead atoms. The van der Waals surface area contributed by atoms with Crippen LogP contribution in [0.2, 0.25) is 0 Å². The van der Waals surface area contributed by atoms with E-state index in [0.29, 0.717) is 30.3 Å². The maximum atomic E-state index is 13.1. The molecule has 27 heavy (non-hydrogen) atoms. The van der Waals surface area contributed by atoms with Gasteiger partial charge in [-0.25, -0.2) is 9.48 Å². The number of fused-ring (bicyclic) bond motifs is 1. The highest BCUT2D eigenvalue weighted by molar-refractivity contribution is 5.72. The van der Waals surface area contributed by atoms with Gasteiger partial charge in [-0.05, 0) is 26.8 Å². The van der Waals surface area contributed by atoms with Crippen LogP contribution in [0, 0.1) is 13.8 Å². The van der Waals surface area contributed by atoms with Gasteiger partial charge in [0.25, 0.3) is 5.56 Å². The van der Waals surface area contributed by atoms with Crippen LogP contribution in [0.4, 0.5) is 0 Å². The fourth-order valence-electron chi connectivity index (χ4n) is 3.15. The van der Waals surface area contributed by atoms with Gasteiger partial charge in [0.15, 0.2) is 11.2 Å². The molecule has 0 aliphatic heterocycles. The lowest BCUT2D eigenvalue weighted by molar-refractivity contribution is 0.137. The Labute approximate surface area is 156 Å². The highest BCUT2D eigenvalue weighted by atomic mass is 16.5. The van der Waals surface area contributed by atoms with Crippen LogP contribution in [0.15, 0.2) is 28.3 Å². The van der Waals surface area contributed by atoms with E-state index in [1.165, 1.54) is 9.13 Å².